The van der Waals surface area contributed by atoms with Crippen LogP contribution in [0.4, 0.5) is 10.1 Å². The molecule has 0 unspecified atom stereocenters. The van der Waals surface area contributed by atoms with Crippen molar-refractivity contribution >= 4 is 36.4 Å². The Labute approximate surface area is 160 Å². The van der Waals surface area contributed by atoms with Crippen molar-refractivity contribution in [2.75, 3.05) is 44.8 Å². The summed E-state index contributed by atoms with van der Waals surface area (Å²) in [6.07, 6.45) is -0.635. The zero-order valence-electron chi connectivity index (χ0n) is 14.3. The fourth-order valence-electron chi connectivity index (χ4n) is 3.13. The minimum absolute atomic E-state index is 0. The number of alkyl halides is 1. The van der Waals surface area contributed by atoms with Crippen LogP contribution in [0, 0.1) is 0 Å². The Hall–Kier alpha value is -1.08. The molecule has 1 aromatic rings. The van der Waals surface area contributed by atoms with Crippen LogP contribution in [0.5, 0.6) is 0 Å². The van der Waals surface area contributed by atoms with E-state index in [1.54, 1.807) is 11.9 Å². The molecule has 0 saturated carbocycles. The average Bonchev–Trinajstić information content (AvgIpc) is 3.02. The first-order valence-corrected chi connectivity index (χ1v) is 8.17. The fourth-order valence-corrected chi connectivity index (χ4v) is 3.13. The lowest BCUT2D eigenvalue weighted by atomic mass is 10.1. The highest BCUT2D eigenvalue weighted by Gasteiger charge is 2.31. The van der Waals surface area contributed by atoms with Crippen LogP contribution in [0.3, 0.4) is 0 Å². The van der Waals surface area contributed by atoms with Crippen LogP contribution in [-0.2, 0) is 16.1 Å². The summed E-state index contributed by atoms with van der Waals surface area (Å²) >= 11 is 0. The number of morpholine rings is 1. The summed E-state index contributed by atoms with van der Waals surface area (Å²) < 4.78 is 18.6. The Balaban J connectivity index is 0.00000156. The van der Waals surface area contributed by atoms with E-state index in [9.17, 15) is 9.18 Å². The van der Waals surface area contributed by atoms with Gasteiger partial charge in [0.2, 0.25) is 5.91 Å². The van der Waals surface area contributed by atoms with E-state index in [0.29, 0.717) is 6.54 Å². The maximum Gasteiger partial charge on any atom is 0.239 e. The summed E-state index contributed by atoms with van der Waals surface area (Å²) in [6.45, 7) is 4.17. The Morgan fingerprint density at radius 3 is 2.48 bits per heavy atom. The highest BCUT2D eigenvalue weighted by molar-refractivity contribution is 5.85. The van der Waals surface area contributed by atoms with E-state index in [2.05, 4.69) is 34.5 Å². The van der Waals surface area contributed by atoms with Crippen molar-refractivity contribution in [2.24, 2.45) is 0 Å². The zero-order valence-corrected chi connectivity index (χ0v) is 16.0. The number of nitrogens with zero attached hydrogens (tertiary/aromatic N) is 2. The Kier molecular flexibility index (Phi) is 8.93. The molecule has 2 aliphatic rings. The van der Waals surface area contributed by atoms with Crippen molar-refractivity contribution in [3.63, 3.8) is 0 Å². The number of ether oxygens (including phenoxy) is 1. The van der Waals surface area contributed by atoms with E-state index in [4.69, 9.17) is 4.74 Å². The topological polar surface area (TPSA) is 44.8 Å². The van der Waals surface area contributed by atoms with Gasteiger partial charge >= 0.3 is 0 Å². The van der Waals surface area contributed by atoms with E-state index in [1.807, 2.05) is 0 Å². The van der Waals surface area contributed by atoms with Gasteiger partial charge in [0.25, 0.3) is 0 Å². The quantitative estimate of drug-likeness (QED) is 0.849. The van der Waals surface area contributed by atoms with Gasteiger partial charge in [-0.05, 0) is 17.7 Å². The Morgan fingerprint density at radius 1 is 1.28 bits per heavy atom. The van der Waals surface area contributed by atoms with Crippen molar-refractivity contribution in [3.05, 3.63) is 29.8 Å². The lowest BCUT2D eigenvalue weighted by molar-refractivity contribution is -0.132. The molecular formula is C17H26Cl2FN3O2. The molecule has 2 saturated heterocycles. The molecule has 5 nitrogen and oxygen atoms in total. The lowest BCUT2D eigenvalue weighted by Crippen LogP contribution is -2.41. The smallest absolute Gasteiger partial charge is 0.239 e. The minimum Gasteiger partial charge on any atom is -0.378 e. The molecule has 0 aliphatic carbocycles. The molecule has 0 radical (unpaired) electrons. The molecule has 2 atom stereocenters. The summed E-state index contributed by atoms with van der Waals surface area (Å²) in [6, 6.07) is 7.89. The van der Waals surface area contributed by atoms with Crippen molar-refractivity contribution in [2.45, 2.75) is 25.2 Å². The van der Waals surface area contributed by atoms with Gasteiger partial charge in [0.05, 0.1) is 19.3 Å². The van der Waals surface area contributed by atoms with Gasteiger partial charge in [-0.1, -0.05) is 12.1 Å². The normalized spacial score (nSPS) is 22.7. The minimum atomic E-state index is -0.912. The predicted molar refractivity (Wildman–Crippen MR) is 102 cm³/mol. The first-order chi connectivity index (χ1) is 11.1. The van der Waals surface area contributed by atoms with Gasteiger partial charge in [0.1, 0.15) is 6.17 Å². The molecule has 1 amide bonds. The van der Waals surface area contributed by atoms with Crippen LogP contribution in [0.1, 0.15) is 12.0 Å². The standard InChI is InChI=1S/C17H24FN3O2.2ClH/c1-20(17(22)16-10-14(18)11-19-16)12-13-2-4-15(5-3-13)21-6-8-23-9-7-21;;/h2-5,14,16,19H,6-12H2,1H3;2*1H/t14-,16+;;/m0../s1. The van der Waals surface area contributed by atoms with E-state index < -0.39 is 6.17 Å². The number of hydrogen-bond donors (Lipinski definition) is 1. The van der Waals surface area contributed by atoms with E-state index in [1.165, 1.54) is 5.69 Å². The van der Waals surface area contributed by atoms with Crippen LogP contribution >= 0.6 is 24.8 Å². The number of halogens is 3. The van der Waals surface area contributed by atoms with E-state index in [-0.39, 0.29) is 49.7 Å². The van der Waals surface area contributed by atoms with Crippen LogP contribution < -0.4 is 10.2 Å². The highest BCUT2D eigenvalue weighted by Crippen LogP contribution is 2.18. The van der Waals surface area contributed by atoms with Gasteiger partial charge in [-0.15, -0.1) is 24.8 Å². The average molecular weight is 394 g/mol. The first kappa shape index (κ1) is 22.0. The number of nitrogens with one attached hydrogen (secondary N) is 1. The predicted octanol–water partition coefficient (Wildman–Crippen LogP) is 2.03. The van der Waals surface area contributed by atoms with Crippen LogP contribution in [0.25, 0.3) is 0 Å². The second-order valence-corrected chi connectivity index (χ2v) is 6.25. The monoisotopic (exact) mass is 393 g/mol. The summed E-state index contributed by atoms with van der Waals surface area (Å²) in [5.74, 6) is -0.0394. The third kappa shape index (κ3) is 5.71. The second kappa shape index (κ2) is 10.2. The van der Waals surface area contributed by atoms with Crippen LogP contribution in [0.15, 0.2) is 24.3 Å². The van der Waals surface area contributed by atoms with Gasteiger partial charge in [0, 0.05) is 45.3 Å². The van der Waals surface area contributed by atoms with Crippen molar-refractivity contribution < 1.29 is 13.9 Å². The summed E-state index contributed by atoms with van der Waals surface area (Å²) in [7, 11) is 1.77. The Bertz CT molecular complexity index is 541. The molecule has 2 fully saturated rings. The van der Waals surface area contributed by atoms with Crippen molar-refractivity contribution in [1.29, 1.82) is 0 Å². The molecule has 3 rings (SSSR count). The lowest BCUT2D eigenvalue weighted by Gasteiger charge is -2.29. The number of anilines is 1. The molecule has 0 bridgehead atoms. The molecule has 2 aliphatic heterocycles. The van der Waals surface area contributed by atoms with E-state index in [0.717, 1.165) is 31.9 Å². The SMILES string of the molecule is CN(Cc1ccc(N2CCOCC2)cc1)C(=O)[C@H]1C[C@H](F)CN1.Cl.Cl. The first-order valence-electron chi connectivity index (χ1n) is 8.17. The summed E-state index contributed by atoms with van der Waals surface area (Å²) in [4.78, 5) is 16.2. The largest absolute Gasteiger partial charge is 0.378 e. The number of carbonyl (C=O) groups excluding carboxylic acids is 1. The van der Waals surface area contributed by atoms with Crippen LogP contribution in [-0.4, -0.2) is 62.9 Å². The van der Waals surface area contributed by atoms with Gasteiger partial charge in [0.15, 0.2) is 0 Å². The maximum atomic E-state index is 13.2. The number of amides is 1. The maximum absolute atomic E-state index is 13.2. The van der Waals surface area contributed by atoms with Crippen molar-refractivity contribution in [3.8, 4) is 0 Å². The molecule has 1 N–H and O–H groups in total. The molecule has 142 valence electrons. The zero-order chi connectivity index (χ0) is 16.2. The molecule has 25 heavy (non-hydrogen) atoms. The highest BCUT2D eigenvalue weighted by atomic mass is 35.5. The number of likely N-dealkylation sites (N-methyl/N-ethyl adjacent to an activating group) is 1. The van der Waals surface area contributed by atoms with Crippen molar-refractivity contribution in [1.82, 2.24) is 10.2 Å². The fraction of sp³-hybridized carbons (Fsp3) is 0.588. The van der Waals surface area contributed by atoms with Gasteiger partial charge in [-0.2, -0.15) is 0 Å². The molecule has 2 heterocycles. The van der Waals surface area contributed by atoms with Gasteiger partial charge in [-0.3, -0.25) is 4.79 Å². The summed E-state index contributed by atoms with van der Waals surface area (Å²) in [5.41, 5.74) is 2.26. The third-order valence-corrected chi connectivity index (χ3v) is 4.48. The molecular weight excluding hydrogens is 368 g/mol. The molecule has 1 aromatic carbocycles. The molecule has 0 spiro atoms. The number of hydrogen-bond acceptors (Lipinski definition) is 4. The number of rotatable bonds is 4. The second-order valence-electron chi connectivity index (χ2n) is 6.25. The number of benzene rings is 1. The van der Waals surface area contributed by atoms with Gasteiger partial charge < -0.3 is 19.9 Å². The number of carbonyl (C=O) groups is 1. The summed E-state index contributed by atoms with van der Waals surface area (Å²) in [5, 5.41) is 2.94. The molecule has 0 aromatic heterocycles. The Morgan fingerprint density at radius 2 is 1.92 bits per heavy atom. The van der Waals surface area contributed by atoms with Gasteiger partial charge in [-0.25, -0.2) is 4.39 Å². The van der Waals surface area contributed by atoms with Crippen LogP contribution in [0.2, 0.25) is 0 Å². The third-order valence-electron chi connectivity index (χ3n) is 4.48. The molecule has 8 heteroatoms. The van der Waals surface area contributed by atoms with E-state index >= 15 is 0 Å².